The maximum Gasteiger partial charge on any atom is 0.125 e. The molecule has 0 atom stereocenters. The fourth-order valence-electron chi connectivity index (χ4n) is 3.83. The summed E-state index contributed by atoms with van der Waals surface area (Å²) in [6.07, 6.45) is 5.59. The van der Waals surface area contributed by atoms with Gasteiger partial charge in [0, 0.05) is 72.7 Å². The molecule has 0 spiro atoms. The molecule has 3 N–H and O–H groups in total. The van der Waals surface area contributed by atoms with Crippen LogP contribution in [-0.4, -0.2) is 87.9 Å². The number of methoxy groups -OCH3 is 1. The number of H-pyrrole nitrogens is 1. The molecule has 0 aliphatic carbocycles. The van der Waals surface area contributed by atoms with Gasteiger partial charge >= 0.3 is 0 Å². The van der Waals surface area contributed by atoms with E-state index in [2.05, 4.69) is 49.9 Å². The van der Waals surface area contributed by atoms with Crippen molar-refractivity contribution in [2.24, 2.45) is 0 Å². The van der Waals surface area contributed by atoms with Crippen LogP contribution >= 0.6 is 0 Å². The summed E-state index contributed by atoms with van der Waals surface area (Å²) in [6, 6.07) is 12.5. The Labute approximate surface area is 211 Å². The largest absolute Gasteiger partial charge is 0.383 e. The highest BCUT2D eigenvalue weighted by Crippen LogP contribution is 2.29. The summed E-state index contributed by atoms with van der Waals surface area (Å²) >= 11 is 0. The minimum Gasteiger partial charge on any atom is -0.383 e. The number of ether oxygens (including phenoxy) is 4. The summed E-state index contributed by atoms with van der Waals surface area (Å²) in [6.45, 7) is 6.57. The molecule has 1 aromatic carbocycles. The van der Waals surface area contributed by atoms with E-state index in [1.807, 2.05) is 24.5 Å². The van der Waals surface area contributed by atoms with Crippen LogP contribution in [-0.2, 0) is 18.9 Å². The summed E-state index contributed by atoms with van der Waals surface area (Å²) in [4.78, 5) is 12.2. The topological polar surface area (TPSA) is 103 Å². The van der Waals surface area contributed by atoms with E-state index in [1.165, 1.54) is 5.39 Å². The summed E-state index contributed by atoms with van der Waals surface area (Å²) in [5, 5.41) is 8.83. The van der Waals surface area contributed by atoms with Crippen molar-refractivity contribution in [1.82, 2.24) is 20.3 Å². The number of hydrogen-bond donors (Lipinski definition) is 3. The minimum atomic E-state index is 0.554. The van der Waals surface area contributed by atoms with Crippen LogP contribution in [0, 0.1) is 0 Å². The molecule has 0 saturated carbocycles. The van der Waals surface area contributed by atoms with Crippen molar-refractivity contribution >= 4 is 27.6 Å². The first-order chi connectivity index (χ1) is 17.8. The molecule has 3 heterocycles. The van der Waals surface area contributed by atoms with Crippen molar-refractivity contribution < 1.29 is 18.9 Å². The lowest BCUT2D eigenvalue weighted by Crippen LogP contribution is -2.24. The van der Waals surface area contributed by atoms with Crippen LogP contribution in [0.15, 0.2) is 55.0 Å². The third-order valence-corrected chi connectivity index (χ3v) is 5.70. The highest BCUT2D eigenvalue weighted by molar-refractivity contribution is 6.07. The van der Waals surface area contributed by atoms with Crippen LogP contribution in [0.4, 0.5) is 5.82 Å². The van der Waals surface area contributed by atoms with Gasteiger partial charge in [-0.25, -0.2) is 4.98 Å². The van der Waals surface area contributed by atoms with Gasteiger partial charge in [-0.2, -0.15) is 0 Å². The van der Waals surface area contributed by atoms with Gasteiger partial charge in [0.05, 0.1) is 46.2 Å². The second-order valence-corrected chi connectivity index (χ2v) is 8.25. The van der Waals surface area contributed by atoms with E-state index in [9.17, 15) is 0 Å². The molecule has 36 heavy (non-hydrogen) atoms. The molecule has 0 amide bonds. The first kappa shape index (κ1) is 26.0. The van der Waals surface area contributed by atoms with Gasteiger partial charge in [-0.05, 0) is 29.8 Å². The molecule has 9 nitrogen and oxygen atoms in total. The lowest BCUT2D eigenvalue weighted by Gasteiger charge is -2.09. The van der Waals surface area contributed by atoms with Gasteiger partial charge in [0.15, 0.2) is 0 Å². The van der Waals surface area contributed by atoms with Crippen molar-refractivity contribution in [3.8, 4) is 11.1 Å². The number of nitrogens with one attached hydrogen (secondary N) is 3. The third-order valence-electron chi connectivity index (χ3n) is 5.70. The first-order valence-electron chi connectivity index (χ1n) is 12.3. The van der Waals surface area contributed by atoms with E-state index in [4.69, 9.17) is 18.9 Å². The maximum absolute atomic E-state index is 5.61. The summed E-state index contributed by atoms with van der Waals surface area (Å²) in [5.74, 6) is 0.824. The lowest BCUT2D eigenvalue weighted by molar-refractivity contribution is 0.0168. The Balaban J connectivity index is 1.08. The van der Waals surface area contributed by atoms with Gasteiger partial charge in [0.1, 0.15) is 5.82 Å². The van der Waals surface area contributed by atoms with E-state index >= 15 is 0 Å². The fourth-order valence-corrected chi connectivity index (χ4v) is 3.83. The monoisotopic (exact) mass is 493 g/mol. The molecule has 192 valence electrons. The van der Waals surface area contributed by atoms with Gasteiger partial charge in [-0.15, -0.1) is 0 Å². The zero-order valence-corrected chi connectivity index (χ0v) is 20.8. The first-order valence-corrected chi connectivity index (χ1v) is 12.3. The van der Waals surface area contributed by atoms with E-state index in [-0.39, 0.29) is 0 Å². The van der Waals surface area contributed by atoms with Gasteiger partial charge in [-0.1, -0.05) is 12.1 Å². The van der Waals surface area contributed by atoms with Crippen molar-refractivity contribution in [3.63, 3.8) is 0 Å². The molecule has 0 unspecified atom stereocenters. The Morgan fingerprint density at radius 1 is 0.722 bits per heavy atom. The Hall–Kier alpha value is -3.08. The molecule has 0 aliphatic heterocycles. The number of benzene rings is 1. The van der Waals surface area contributed by atoms with Gasteiger partial charge < -0.3 is 34.6 Å². The Morgan fingerprint density at radius 2 is 1.47 bits per heavy atom. The van der Waals surface area contributed by atoms with Crippen LogP contribution in [0.5, 0.6) is 0 Å². The second-order valence-electron chi connectivity index (χ2n) is 8.25. The molecule has 9 heteroatoms. The zero-order chi connectivity index (χ0) is 24.8. The fraction of sp³-hybridized carbons (Fsp3) is 0.407. The van der Waals surface area contributed by atoms with Crippen LogP contribution in [0.25, 0.3) is 32.9 Å². The molecule has 0 fully saturated rings. The Kier molecular flexibility index (Phi) is 10.5. The standard InChI is InChI=1S/C27H35N5O4/c1-33-11-8-28-9-12-34-14-16-36-17-15-35-13-10-30-27-5-3-22(19-31-27)21-2-4-23-24-20-29-7-6-25(24)32-26(23)18-21/h2-7,18-20,28,32H,8-17H2,1H3,(H,30,31). The Morgan fingerprint density at radius 3 is 2.25 bits per heavy atom. The summed E-state index contributed by atoms with van der Waals surface area (Å²) in [7, 11) is 1.69. The number of nitrogens with zero attached hydrogens (tertiary/aromatic N) is 2. The molecule has 0 radical (unpaired) electrons. The molecular weight excluding hydrogens is 458 g/mol. The van der Waals surface area contributed by atoms with Gasteiger partial charge in [-0.3, -0.25) is 4.98 Å². The van der Waals surface area contributed by atoms with Crippen molar-refractivity contribution in [1.29, 1.82) is 0 Å². The summed E-state index contributed by atoms with van der Waals surface area (Å²) in [5.41, 5.74) is 4.38. The highest BCUT2D eigenvalue weighted by atomic mass is 16.5. The number of rotatable bonds is 17. The van der Waals surface area contributed by atoms with Crippen LogP contribution < -0.4 is 10.6 Å². The molecule has 4 aromatic rings. The molecule has 0 aliphatic rings. The maximum atomic E-state index is 5.61. The molecule has 0 saturated heterocycles. The lowest BCUT2D eigenvalue weighted by atomic mass is 10.1. The van der Waals surface area contributed by atoms with Gasteiger partial charge in [0.25, 0.3) is 0 Å². The second kappa shape index (κ2) is 14.5. The zero-order valence-electron chi connectivity index (χ0n) is 20.8. The number of fused-ring (bicyclic) bond motifs is 3. The average Bonchev–Trinajstić information content (AvgIpc) is 3.29. The molecular formula is C27H35N5O4. The van der Waals surface area contributed by atoms with Crippen molar-refractivity contribution in [3.05, 3.63) is 55.0 Å². The Bertz CT molecular complexity index is 1180. The third kappa shape index (κ3) is 7.71. The molecule has 3 aromatic heterocycles. The van der Waals surface area contributed by atoms with Gasteiger partial charge in [0.2, 0.25) is 0 Å². The summed E-state index contributed by atoms with van der Waals surface area (Å²) < 4.78 is 21.6. The van der Waals surface area contributed by atoms with E-state index < -0.39 is 0 Å². The average molecular weight is 494 g/mol. The van der Waals surface area contributed by atoms with Crippen LogP contribution in [0.1, 0.15) is 0 Å². The van der Waals surface area contributed by atoms with Crippen molar-refractivity contribution in [2.75, 3.05) is 78.3 Å². The predicted molar refractivity (Wildman–Crippen MR) is 143 cm³/mol. The normalized spacial score (nSPS) is 11.5. The number of hydrogen-bond acceptors (Lipinski definition) is 8. The number of pyridine rings is 2. The SMILES string of the molecule is COCCNCCOCCOCCOCCNc1ccc(-c2ccc3c(c2)[nH]c2ccncc23)cn1. The number of aromatic nitrogens is 3. The molecule has 4 rings (SSSR count). The number of anilines is 1. The van der Waals surface area contributed by atoms with Crippen molar-refractivity contribution in [2.45, 2.75) is 0 Å². The minimum absolute atomic E-state index is 0.554. The van der Waals surface area contributed by atoms with E-state index in [0.29, 0.717) is 52.8 Å². The quantitative estimate of drug-likeness (QED) is 0.192. The van der Waals surface area contributed by atoms with Crippen LogP contribution in [0.3, 0.4) is 0 Å². The van der Waals surface area contributed by atoms with Crippen LogP contribution in [0.2, 0.25) is 0 Å². The smallest absolute Gasteiger partial charge is 0.125 e. The number of aromatic amines is 1. The molecule has 0 bridgehead atoms. The van der Waals surface area contributed by atoms with E-state index in [0.717, 1.165) is 46.5 Å². The predicted octanol–water partition coefficient (Wildman–Crippen LogP) is 3.48. The highest BCUT2D eigenvalue weighted by Gasteiger charge is 2.06. The van der Waals surface area contributed by atoms with E-state index in [1.54, 1.807) is 13.3 Å².